The van der Waals surface area contributed by atoms with E-state index in [4.69, 9.17) is 4.74 Å². The summed E-state index contributed by atoms with van der Waals surface area (Å²) in [5.74, 6) is -1.73. The van der Waals surface area contributed by atoms with Crippen molar-refractivity contribution in [2.24, 2.45) is 11.8 Å². The SMILES string of the molecule is CC(C)C(CC(=O)CNC[C@H](Cc1ccccc1)N1C(=O)c2ccccc2C1=O)C(=O)OC(C)(C)C. The number of carbonyl (C=O) groups is 4. The number of nitrogens with one attached hydrogen (secondary N) is 1. The van der Waals surface area contributed by atoms with E-state index >= 15 is 0 Å². The van der Waals surface area contributed by atoms with Crippen LogP contribution in [0, 0.1) is 11.8 Å². The first-order valence-corrected chi connectivity index (χ1v) is 12.4. The molecule has 3 rings (SSSR count). The van der Waals surface area contributed by atoms with E-state index in [1.54, 1.807) is 45.0 Å². The fourth-order valence-electron chi connectivity index (χ4n) is 4.34. The number of hydrogen-bond donors (Lipinski definition) is 1. The van der Waals surface area contributed by atoms with E-state index in [-0.39, 0.29) is 49.0 Å². The lowest BCUT2D eigenvalue weighted by atomic mass is 9.90. The van der Waals surface area contributed by atoms with Gasteiger partial charge in [0.25, 0.3) is 11.8 Å². The number of fused-ring (bicyclic) bond motifs is 1. The molecule has 1 N–H and O–H groups in total. The zero-order valence-electron chi connectivity index (χ0n) is 21.7. The Morgan fingerprint density at radius 1 is 0.917 bits per heavy atom. The van der Waals surface area contributed by atoms with Crippen molar-refractivity contribution < 1.29 is 23.9 Å². The summed E-state index contributed by atoms with van der Waals surface area (Å²) in [7, 11) is 0. The monoisotopic (exact) mass is 492 g/mol. The molecule has 0 saturated heterocycles. The van der Waals surface area contributed by atoms with Gasteiger partial charge in [-0.3, -0.25) is 24.1 Å². The molecule has 36 heavy (non-hydrogen) atoms. The molecule has 7 heteroatoms. The predicted molar refractivity (Wildman–Crippen MR) is 138 cm³/mol. The van der Waals surface area contributed by atoms with E-state index in [1.165, 1.54) is 4.90 Å². The Hall–Kier alpha value is -3.32. The van der Waals surface area contributed by atoms with E-state index in [0.717, 1.165) is 5.56 Å². The van der Waals surface area contributed by atoms with Crippen molar-refractivity contribution >= 4 is 23.6 Å². The first kappa shape index (κ1) is 27.3. The molecule has 0 fully saturated rings. The van der Waals surface area contributed by atoms with Gasteiger partial charge in [-0.1, -0.05) is 56.3 Å². The topological polar surface area (TPSA) is 92.8 Å². The fraction of sp³-hybridized carbons (Fsp3) is 0.448. The van der Waals surface area contributed by atoms with Crippen LogP contribution in [0.3, 0.4) is 0 Å². The minimum absolute atomic E-state index is 0.0283. The van der Waals surface area contributed by atoms with Crippen LogP contribution in [-0.2, 0) is 20.7 Å². The van der Waals surface area contributed by atoms with Crippen molar-refractivity contribution in [3.63, 3.8) is 0 Å². The van der Waals surface area contributed by atoms with Gasteiger partial charge in [0.15, 0.2) is 0 Å². The van der Waals surface area contributed by atoms with Gasteiger partial charge >= 0.3 is 5.97 Å². The Morgan fingerprint density at radius 2 is 1.47 bits per heavy atom. The van der Waals surface area contributed by atoms with Crippen LogP contribution in [-0.4, -0.2) is 53.2 Å². The molecular formula is C29H36N2O5. The third-order valence-electron chi connectivity index (χ3n) is 6.17. The number of benzene rings is 2. The van der Waals surface area contributed by atoms with Gasteiger partial charge in [0, 0.05) is 13.0 Å². The molecule has 7 nitrogen and oxygen atoms in total. The standard InChI is InChI=1S/C29H36N2O5/c1-19(2)25(28(35)36-29(3,4)5)16-22(32)18-30-17-21(15-20-11-7-6-8-12-20)31-26(33)23-13-9-10-14-24(23)27(31)34/h6-14,19,21,25,30H,15-18H2,1-5H3/t21-,25?/m0/s1. The van der Waals surface area contributed by atoms with Gasteiger partial charge in [0.05, 0.1) is 29.6 Å². The summed E-state index contributed by atoms with van der Waals surface area (Å²) in [4.78, 5) is 52.9. The van der Waals surface area contributed by atoms with Gasteiger partial charge in [-0.05, 0) is 50.8 Å². The summed E-state index contributed by atoms with van der Waals surface area (Å²) in [6.45, 7) is 9.49. The van der Waals surface area contributed by atoms with E-state index < -0.39 is 17.6 Å². The number of rotatable bonds is 11. The largest absolute Gasteiger partial charge is 0.460 e. The minimum Gasteiger partial charge on any atom is -0.460 e. The molecule has 1 heterocycles. The van der Waals surface area contributed by atoms with E-state index in [1.807, 2.05) is 44.2 Å². The maximum absolute atomic E-state index is 13.1. The maximum Gasteiger partial charge on any atom is 0.310 e. The molecule has 2 amide bonds. The lowest BCUT2D eigenvalue weighted by Gasteiger charge is -2.27. The fourth-order valence-corrected chi connectivity index (χ4v) is 4.34. The first-order valence-electron chi connectivity index (χ1n) is 12.4. The third kappa shape index (κ3) is 6.88. The highest BCUT2D eigenvalue weighted by Crippen LogP contribution is 2.26. The lowest BCUT2D eigenvalue weighted by Crippen LogP contribution is -2.47. The number of carbonyl (C=O) groups excluding carboxylic acids is 4. The van der Waals surface area contributed by atoms with Crippen LogP contribution in [0.15, 0.2) is 54.6 Å². The van der Waals surface area contributed by atoms with Crippen molar-refractivity contribution in [2.45, 2.75) is 59.1 Å². The van der Waals surface area contributed by atoms with Crippen LogP contribution >= 0.6 is 0 Å². The van der Waals surface area contributed by atoms with Crippen molar-refractivity contribution in [3.05, 3.63) is 71.3 Å². The van der Waals surface area contributed by atoms with E-state index in [2.05, 4.69) is 5.32 Å². The molecule has 0 saturated carbocycles. The quantitative estimate of drug-likeness (QED) is 0.376. The second kappa shape index (κ2) is 11.6. The number of Topliss-reactive ketones (excluding diaryl/α,β-unsaturated/α-hetero) is 1. The highest BCUT2D eigenvalue weighted by molar-refractivity contribution is 6.21. The molecule has 192 valence electrons. The Kier molecular flexibility index (Phi) is 8.79. The highest BCUT2D eigenvalue weighted by atomic mass is 16.6. The van der Waals surface area contributed by atoms with Gasteiger partial charge in [-0.15, -0.1) is 0 Å². The summed E-state index contributed by atoms with van der Waals surface area (Å²) in [5.41, 5.74) is 1.15. The van der Waals surface area contributed by atoms with Gasteiger partial charge < -0.3 is 10.1 Å². The zero-order valence-corrected chi connectivity index (χ0v) is 21.7. The second-order valence-electron chi connectivity index (χ2n) is 10.6. The molecule has 0 spiro atoms. The number of esters is 1. The molecule has 2 aromatic carbocycles. The smallest absolute Gasteiger partial charge is 0.310 e. The number of ketones is 1. The minimum atomic E-state index is -0.622. The maximum atomic E-state index is 13.1. The molecule has 2 aromatic rings. The van der Waals surface area contributed by atoms with Crippen molar-refractivity contribution in [1.82, 2.24) is 10.2 Å². The van der Waals surface area contributed by atoms with Gasteiger partial charge in [-0.2, -0.15) is 0 Å². The molecule has 0 bridgehead atoms. The third-order valence-corrected chi connectivity index (χ3v) is 6.17. The molecule has 2 atom stereocenters. The molecule has 1 aliphatic rings. The second-order valence-corrected chi connectivity index (χ2v) is 10.6. The van der Waals surface area contributed by atoms with Crippen molar-refractivity contribution in [2.75, 3.05) is 13.1 Å². The van der Waals surface area contributed by atoms with Crippen LogP contribution in [0.4, 0.5) is 0 Å². The summed E-state index contributed by atoms with van der Waals surface area (Å²) < 4.78 is 5.50. The van der Waals surface area contributed by atoms with E-state index in [0.29, 0.717) is 17.5 Å². The normalized spacial score (nSPS) is 15.1. The van der Waals surface area contributed by atoms with Crippen LogP contribution in [0.25, 0.3) is 0 Å². The molecule has 0 aromatic heterocycles. The van der Waals surface area contributed by atoms with Gasteiger partial charge in [0.2, 0.25) is 0 Å². The van der Waals surface area contributed by atoms with Crippen molar-refractivity contribution in [3.8, 4) is 0 Å². The number of amides is 2. The number of hydrogen-bond acceptors (Lipinski definition) is 6. The van der Waals surface area contributed by atoms with Crippen molar-refractivity contribution in [1.29, 1.82) is 0 Å². The van der Waals surface area contributed by atoms with Crippen LogP contribution in [0.1, 0.15) is 67.3 Å². The highest BCUT2D eigenvalue weighted by Gasteiger charge is 2.39. The van der Waals surface area contributed by atoms with Crippen LogP contribution < -0.4 is 5.32 Å². The summed E-state index contributed by atoms with van der Waals surface area (Å²) in [6, 6.07) is 16.0. The zero-order chi connectivity index (χ0) is 26.5. The van der Waals surface area contributed by atoms with Crippen LogP contribution in [0.2, 0.25) is 0 Å². The van der Waals surface area contributed by atoms with Gasteiger partial charge in [0.1, 0.15) is 11.4 Å². The molecule has 0 radical (unpaired) electrons. The van der Waals surface area contributed by atoms with Gasteiger partial charge in [-0.25, -0.2) is 0 Å². The summed E-state index contributed by atoms with van der Waals surface area (Å²) in [5, 5.41) is 3.13. The number of imide groups is 1. The summed E-state index contributed by atoms with van der Waals surface area (Å²) >= 11 is 0. The average molecular weight is 493 g/mol. The molecular weight excluding hydrogens is 456 g/mol. The van der Waals surface area contributed by atoms with E-state index in [9.17, 15) is 19.2 Å². The first-order chi connectivity index (χ1) is 17.0. The lowest BCUT2D eigenvalue weighted by molar-refractivity contribution is -0.162. The Morgan fingerprint density at radius 3 is 2.00 bits per heavy atom. The van der Waals surface area contributed by atoms with Crippen LogP contribution in [0.5, 0.6) is 0 Å². The Balaban J connectivity index is 1.67. The average Bonchev–Trinajstić information content (AvgIpc) is 3.06. The summed E-state index contributed by atoms with van der Waals surface area (Å²) in [6.07, 6.45) is 0.524. The Bertz CT molecular complexity index is 1070. The molecule has 1 unspecified atom stereocenters. The Labute approximate surface area is 213 Å². The molecule has 0 aliphatic carbocycles. The number of nitrogens with zero attached hydrogens (tertiary/aromatic N) is 1. The number of ether oxygens (including phenoxy) is 1. The molecule has 1 aliphatic heterocycles. The predicted octanol–water partition coefficient (Wildman–Crippen LogP) is 4.06.